The predicted octanol–water partition coefficient (Wildman–Crippen LogP) is 2.94. The van der Waals surface area contributed by atoms with Crippen molar-refractivity contribution in [1.29, 1.82) is 0 Å². The topological polar surface area (TPSA) is 51.8 Å². The number of aryl methyl sites for hydroxylation is 2. The Morgan fingerprint density at radius 3 is 2.56 bits per heavy atom. The van der Waals surface area contributed by atoms with Gasteiger partial charge in [0.15, 0.2) is 0 Å². The van der Waals surface area contributed by atoms with Crippen molar-refractivity contribution in [1.82, 2.24) is 9.97 Å². The zero-order valence-corrected chi connectivity index (χ0v) is 10.6. The molecule has 2 aromatic rings. The third-order valence-corrected chi connectivity index (χ3v) is 4.70. The number of anilines is 1. The Morgan fingerprint density at radius 2 is 1.94 bits per heavy atom. The van der Waals surface area contributed by atoms with Crippen molar-refractivity contribution in [2.45, 2.75) is 39.0 Å². The number of nitrogens with two attached hydrogens (primary N) is 1. The van der Waals surface area contributed by atoms with Crippen molar-refractivity contribution in [3.63, 3.8) is 0 Å². The quantitative estimate of drug-likeness (QED) is 0.824. The number of nitrogen functional groups attached to an aromatic ring is 1. The van der Waals surface area contributed by atoms with Crippen LogP contribution in [0.15, 0.2) is 0 Å². The molecule has 1 saturated carbocycles. The lowest BCUT2D eigenvalue weighted by molar-refractivity contribution is 0.718. The van der Waals surface area contributed by atoms with Crippen LogP contribution in [-0.2, 0) is 5.41 Å². The summed E-state index contributed by atoms with van der Waals surface area (Å²) in [6.07, 6.45) is 2.36. The Morgan fingerprint density at radius 1 is 1.25 bits per heavy atom. The molecule has 16 heavy (non-hydrogen) atoms. The highest BCUT2D eigenvalue weighted by Gasteiger charge is 2.42. The largest absolute Gasteiger partial charge is 0.383 e. The third-order valence-electron chi connectivity index (χ3n) is 3.60. The summed E-state index contributed by atoms with van der Waals surface area (Å²) in [6.45, 7) is 6.41. The lowest BCUT2D eigenvalue weighted by Crippen LogP contribution is -2.08. The second-order valence-corrected chi connectivity index (χ2v) is 6.16. The number of rotatable bonds is 1. The van der Waals surface area contributed by atoms with Gasteiger partial charge in [0.2, 0.25) is 0 Å². The van der Waals surface area contributed by atoms with E-state index in [1.54, 1.807) is 11.3 Å². The van der Waals surface area contributed by atoms with E-state index in [0.29, 0.717) is 5.82 Å². The van der Waals surface area contributed by atoms with E-state index in [1.807, 2.05) is 0 Å². The van der Waals surface area contributed by atoms with Gasteiger partial charge in [0.05, 0.1) is 5.39 Å². The minimum absolute atomic E-state index is 0.189. The number of hydrogen-bond acceptors (Lipinski definition) is 4. The number of thiophene rings is 1. The molecule has 2 heterocycles. The standard InChI is InChI=1S/C12H15N3S/c1-6-7(2)16-10-8(6)9(13)14-11(15-10)12(3)4-5-12/h4-5H2,1-3H3,(H2,13,14,15). The third kappa shape index (κ3) is 1.26. The normalized spacial score (nSPS) is 17.9. The van der Waals surface area contributed by atoms with Gasteiger partial charge in [0.1, 0.15) is 16.5 Å². The van der Waals surface area contributed by atoms with Gasteiger partial charge in [-0.1, -0.05) is 6.92 Å². The van der Waals surface area contributed by atoms with Crippen LogP contribution in [0, 0.1) is 13.8 Å². The molecule has 3 nitrogen and oxygen atoms in total. The first-order valence-electron chi connectivity index (χ1n) is 5.55. The van der Waals surface area contributed by atoms with Gasteiger partial charge in [-0.2, -0.15) is 0 Å². The first-order valence-corrected chi connectivity index (χ1v) is 6.36. The van der Waals surface area contributed by atoms with Gasteiger partial charge >= 0.3 is 0 Å². The summed E-state index contributed by atoms with van der Waals surface area (Å²) < 4.78 is 0. The molecule has 0 bridgehead atoms. The van der Waals surface area contributed by atoms with Crippen LogP contribution in [0.3, 0.4) is 0 Å². The van der Waals surface area contributed by atoms with Gasteiger partial charge in [0.25, 0.3) is 0 Å². The lowest BCUT2D eigenvalue weighted by atomic mass is 10.1. The summed E-state index contributed by atoms with van der Waals surface area (Å²) in [7, 11) is 0. The van der Waals surface area contributed by atoms with Crippen molar-refractivity contribution in [3.05, 3.63) is 16.3 Å². The SMILES string of the molecule is Cc1sc2nc(C3(C)CC3)nc(N)c2c1C. The van der Waals surface area contributed by atoms with Crippen LogP contribution < -0.4 is 5.73 Å². The molecule has 1 aliphatic rings. The van der Waals surface area contributed by atoms with Crippen LogP contribution in [-0.4, -0.2) is 9.97 Å². The Kier molecular flexibility index (Phi) is 1.84. The predicted molar refractivity (Wildman–Crippen MR) is 67.9 cm³/mol. The average Bonchev–Trinajstić information content (AvgIpc) is 2.89. The highest BCUT2D eigenvalue weighted by Crippen LogP contribution is 2.47. The molecular weight excluding hydrogens is 218 g/mol. The van der Waals surface area contributed by atoms with Crippen LogP contribution in [0.4, 0.5) is 5.82 Å². The fraction of sp³-hybridized carbons (Fsp3) is 0.500. The highest BCUT2D eigenvalue weighted by atomic mass is 32.1. The number of nitrogens with zero attached hydrogens (tertiary/aromatic N) is 2. The van der Waals surface area contributed by atoms with E-state index < -0.39 is 0 Å². The maximum absolute atomic E-state index is 6.05. The Bertz CT molecular complexity index is 581. The zero-order chi connectivity index (χ0) is 11.5. The first-order chi connectivity index (χ1) is 7.51. The maximum Gasteiger partial charge on any atom is 0.138 e. The smallest absolute Gasteiger partial charge is 0.138 e. The second-order valence-electron chi connectivity index (χ2n) is 4.96. The minimum Gasteiger partial charge on any atom is -0.383 e. The number of aromatic nitrogens is 2. The number of hydrogen-bond donors (Lipinski definition) is 1. The van der Waals surface area contributed by atoms with Crippen molar-refractivity contribution in [2.24, 2.45) is 0 Å². The average molecular weight is 233 g/mol. The highest BCUT2D eigenvalue weighted by molar-refractivity contribution is 7.18. The van der Waals surface area contributed by atoms with Crippen LogP contribution >= 0.6 is 11.3 Å². The van der Waals surface area contributed by atoms with Crippen LogP contribution in [0.2, 0.25) is 0 Å². The van der Waals surface area contributed by atoms with Gasteiger partial charge in [-0.3, -0.25) is 0 Å². The van der Waals surface area contributed by atoms with Crippen molar-refractivity contribution in [3.8, 4) is 0 Å². The molecule has 0 unspecified atom stereocenters. The Balaban J connectivity index is 2.30. The molecule has 1 aliphatic carbocycles. The van der Waals surface area contributed by atoms with E-state index in [2.05, 4.69) is 30.7 Å². The van der Waals surface area contributed by atoms with Crippen LogP contribution in [0.1, 0.15) is 36.0 Å². The summed E-state index contributed by atoms with van der Waals surface area (Å²) in [5.74, 6) is 1.58. The molecule has 84 valence electrons. The lowest BCUT2D eigenvalue weighted by Gasteiger charge is -2.07. The molecule has 0 atom stereocenters. The summed E-state index contributed by atoms with van der Waals surface area (Å²) in [6, 6.07) is 0. The van der Waals surface area contributed by atoms with E-state index in [9.17, 15) is 0 Å². The Labute approximate surface area is 98.7 Å². The van der Waals surface area contributed by atoms with Crippen LogP contribution in [0.25, 0.3) is 10.2 Å². The minimum atomic E-state index is 0.189. The molecule has 1 fully saturated rings. The summed E-state index contributed by atoms with van der Waals surface area (Å²) in [5.41, 5.74) is 7.47. The number of fused-ring (bicyclic) bond motifs is 1. The maximum atomic E-state index is 6.05. The second kappa shape index (κ2) is 2.94. The molecule has 3 rings (SSSR count). The molecule has 0 amide bonds. The van der Waals surface area contributed by atoms with E-state index in [-0.39, 0.29) is 5.41 Å². The molecule has 4 heteroatoms. The Hall–Kier alpha value is -1.16. The molecule has 2 aromatic heterocycles. The van der Waals surface area contributed by atoms with E-state index in [0.717, 1.165) is 16.0 Å². The fourth-order valence-electron chi connectivity index (χ4n) is 1.96. The van der Waals surface area contributed by atoms with Crippen molar-refractivity contribution < 1.29 is 0 Å². The van der Waals surface area contributed by atoms with Gasteiger partial charge in [0, 0.05) is 10.3 Å². The van der Waals surface area contributed by atoms with Gasteiger partial charge in [-0.15, -0.1) is 11.3 Å². The van der Waals surface area contributed by atoms with E-state index in [1.165, 1.54) is 23.3 Å². The molecule has 2 N–H and O–H groups in total. The van der Waals surface area contributed by atoms with Crippen molar-refractivity contribution >= 4 is 27.4 Å². The van der Waals surface area contributed by atoms with E-state index >= 15 is 0 Å². The zero-order valence-electron chi connectivity index (χ0n) is 9.79. The van der Waals surface area contributed by atoms with Gasteiger partial charge in [-0.05, 0) is 32.3 Å². The monoisotopic (exact) mass is 233 g/mol. The molecular formula is C12H15N3S. The fourth-order valence-corrected chi connectivity index (χ4v) is 3.00. The van der Waals surface area contributed by atoms with E-state index in [4.69, 9.17) is 5.73 Å². The van der Waals surface area contributed by atoms with Crippen LogP contribution in [0.5, 0.6) is 0 Å². The molecule has 0 aliphatic heterocycles. The van der Waals surface area contributed by atoms with Gasteiger partial charge in [-0.25, -0.2) is 9.97 Å². The van der Waals surface area contributed by atoms with Gasteiger partial charge < -0.3 is 5.73 Å². The molecule has 0 spiro atoms. The van der Waals surface area contributed by atoms with Crippen molar-refractivity contribution in [2.75, 3.05) is 5.73 Å². The summed E-state index contributed by atoms with van der Waals surface area (Å²) in [4.78, 5) is 11.5. The first kappa shape index (κ1) is 10.0. The molecule has 0 radical (unpaired) electrons. The summed E-state index contributed by atoms with van der Waals surface area (Å²) >= 11 is 1.72. The summed E-state index contributed by atoms with van der Waals surface area (Å²) in [5, 5.41) is 1.05. The molecule has 0 saturated heterocycles. The molecule has 0 aromatic carbocycles.